The van der Waals surface area contributed by atoms with Gasteiger partial charge in [0.1, 0.15) is 18.0 Å². The van der Waals surface area contributed by atoms with Crippen LogP contribution in [0.2, 0.25) is 0 Å². The van der Waals surface area contributed by atoms with Gasteiger partial charge >= 0.3 is 5.69 Å². The lowest BCUT2D eigenvalue weighted by atomic mass is 9.73. The summed E-state index contributed by atoms with van der Waals surface area (Å²) in [6.07, 6.45) is 6.99. The van der Waals surface area contributed by atoms with E-state index in [4.69, 9.17) is 9.47 Å². The third-order valence-corrected chi connectivity index (χ3v) is 9.42. The first-order chi connectivity index (χ1) is 21.4. The Morgan fingerprint density at radius 2 is 2.09 bits per heavy atom. The van der Waals surface area contributed by atoms with Crippen LogP contribution in [0.25, 0.3) is 10.9 Å². The van der Waals surface area contributed by atoms with Crippen molar-refractivity contribution in [3.8, 4) is 0 Å². The van der Waals surface area contributed by atoms with Crippen LogP contribution in [-0.2, 0) is 16.1 Å². The second-order valence-electron chi connectivity index (χ2n) is 11.8. The second-order valence-corrected chi connectivity index (χ2v) is 11.8. The normalized spacial score (nSPS) is 28.8. The molecule has 13 heteroatoms. The van der Waals surface area contributed by atoms with Crippen LogP contribution < -0.4 is 11.2 Å². The number of benzene rings is 1. The molecule has 2 bridgehead atoms. The predicted octanol–water partition coefficient (Wildman–Crippen LogP) is 2.49. The van der Waals surface area contributed by atoms with E-state index in [0.29, 0.717) is 17.5 Å². The fraction of sp³-hybridized carbons (Fsp3) is 0.452. The monoisotopic (exact) mass is 603 g/mol. The van der Waals surface area contributed by atoms with Gasteiger partial charge in [0.2, 0.25) is 5.82 Å². The number of aliphatic hydroxyl groups excluding tert-OH is 1. The summed E-state index contributed by atoms with van der Waals surface area (Å²) in [5.41, 5.74) is 0.698. The zero-order chi connectivity index (χ0) is 30.4. The van der Waals surface area contributed by atoms with Crippen molar-refractivity contribution in [2.24, 2.45) is 11.8 Å². The summed E-state index contributed by atoms with van der Waals surface area (Å²) in [5, 5.41) is 19.7. The van der Waals surface area contributed by atoms with E-state index in [-0.39, 0.29) is 31.8 Å². The molecule has 8 rings (SSSR count). The van der Waals surface area contributed by atoms with Crippen LogP contribution in [0.5, 0.6) is 0 Å². The molecule has 0 radical (unpaired) electrons. The van der Waals surface area contributed by atoms with Crippen molar-refractivity contribution in [1.82, 2.24) is 34.4 Å². The number of H-pyrrole nitrogens is 1. The molecule has 4 aliphatic heterocycles. The molecule has 4 aliphatic rings. The number of halogens is 1. The van der Waals surface area contributed by atoms with E-state index < -0.39 is 35.4 Å². The third kappa shape index (κ3) is 5.19. The van der Waals surface area contributed by atoms with Crippen LogP contribution >= 0.6 is 0 Å². The van der Waals surface area contributed by atoms with Gasteiger partial charge in [-0.05, 0) is 48.9 Å². The van der Waals surface area contributed by atoms with Crippen LogP contribution in [0.4, 0.5) is 4.39 Å². The molecule has 12 nitrogen and oxygen atoms in total. The van der Waals surface area contributed by atoms with Crippen LogP contribution in [0.15, 0.2) is 71.2 Å². The van der Waals surface area contributed by atoms with Crippen molar-refractivity contribution in [2.45, 2.75) is 56.4 Å². The Hall–Kier alpha value is -4.04. The molecule has 0 spiro atoms. The Bertz CT molecular complexity index is 1780. The zero-order valence-electron chi connectivity index (χ0n) is 24.0. The van der Waals surface area contributed by atoms with Gasteiger partial charge in [-0.15, -0.1) is 11.7 Å². The van der Waals surface area contributed by atoms with E-state index in [1.165, 1.54) is 0 Å². The molecule has 0 saturated carbocycles. The van der Waals surface area contributed by atoms with Gasteiger partial charge in [-0.25, -0.2) is 9.48 Å². The van der Waals surface area contributed by atoms with Crippen LogP contribution in [-0.4, -0.2) is 71.4 Å². The molecule has 7 heterocycles. The number of nitrogens with zero attached hydrogens (tertiary/aromatic N) is 6. The topological polar surface area (TPSA) is 140 Å². The smallest absolute Gasteiger partial charge is 0.330 e. The van der Waals surface area contributed by atoms with Crippen molar-refractivity contribution in [3.05, 3.63) is 99.5 Å². The van der Waals surface area contributed by atoms with Crippen molar-refractivity contribution in [2.75, 3.05) is 19.7 Å². The first-order valence-corrected chi connectivity index (χ1v) is 14.9. The molecule has 0 aliphatic carbocycles. The van der Waals surface area contributed by atoms with Crippen molar-refractivity contribution < 1.29 is 19.0 Å². The van der Waals surface area contributed by atoms with Gasteiger partial charge in [-0.2, -0.15) is 4.39 Å². The summed E-state index contributed by atoms with van der Waals surface area (Å²) < 4.78 is 29.1. The summed E-state index contributed by atoms with van der Waals surface area (Å²) in [7, 11) is 0. The summed E-state index contributed by atoms with van der Waals surface area (Å²) in [4.78, 5) is 32.8. The van der Waals surface area contributed by atoms with E-state index >= 15 is 0 Å². The summed E-state index contributed by atoms with van der Waals surface area (Å²) in [6.45, 7) is 5.91. The molecule has 0 amide bonds. The predicted molar refractivity (Wildman–Crippen MR) is 157 cm³/mol. The van der Waals surface area contributed by atoms with E-state index in [1.807, 2.05) is 35.4 Å². The lowest BCUT2D eigenvalue weighted by molar-refractivity contribution is -0.0809. The lowest BCUT2D eigenvalue weighted by Gasteiger charge is -2.51. The number of piperidine rings is 3. The second kappa shape index (κ2) is 11.8. The molecule has 4 fully saturated rings. The standard InChI is InChI=1S/C31H34FN7O5/c1-2-18-13-37-10-8-19(18)11-26(37)29(22-7-9-33-24-6-4-3-5-21(22)24)43-17-20-14-39(36-35-20)25-12-28(44-27(25)16-40)38-15-23(32)30(41)34-31(38)42/h2-7,9,14-15,18-19,25-29,40H,1,8,10-13,16-17H2,(H,34,41,42)/t18?,19?,25?,26-,27?,28?,29+/m0/s1. The van der Waals surface area contributed by atoms with Crippen molar-refractivity contribution in [3.63, 3.8) is 0 Å². The Balaban J connectivity index is 1.13. The van der Waals surface area contributed by atoms with E-state index in [2.05, 4.69) is 38.9 Å². The number of hydrogen-bond acceptors (Lipinski definition) is 9. The van der Waals surface area contributed by atoms with Crippen molar-refractivity contribution in [1.29, 1.82) is 0 Å². The maximum atomic E-state index is 13.9. The highest BCUT2D eigenvalue weighted by Gasteiger charge is 2.43. The quantitative estimate of drug-likeness (QED) is 0.276. The van der Waals surface area contributed by atoms with Crippen LogP contribution in [0.1, 0.15) is 48.9 Å². The molecule has 44 heavy (non-hydrogen) atoms. The van der Waals surface area contributed by atoms with E-state index in [0.717, 1.165) is 53.2 Å². The molecule has 230 valence electrons. The highest BCUT2D eigenvalue weighted by molar-refractivity contribution is 5.82. The number of fused-ring (bicyclic) bond motifs is 4. The largest absolute Gasteiger partial charge is 0.394 e. The number of ether oxygens (including phenoxy) is 2. The number of para-hydroxylation sites is 1. The average molecular weight is 604 g/mol. The number of hydrogen-bond donors (Lipinski definition) is 2. The first kappa shape index (κ1) is 28.7. The lowest BCUT2D eigenvalue weighted by Crippen LogP contribution is -2.55. The average Bonchev–Trinajstić information content (AvgIpc) is 3.70. The van der Waals surface area contributed by atoms with E-state index in [9.17, 15) is 19.1 Å². The van der Waals surface area contributed by atoms with Gasteiger partial charge in [0.15, 0.2) is 0 Å². The number of rotatable bonds is 9. The summed E-state index contributed by atoms with van der Waals surface area (Å²) in [6, 6.07) is 9.83. The van der Waals surface area contributed by atoms with Crippen LogP contribution in [0, 0.1) is 17.7 Å². The Morgan fingerprint density at radius 3 is 2.89 bits per heavy atom. The minimum Gasteiger partial charge on any atom is -0.394 e. The van der Waals surface area contributed by atoms with Crippen LogP contribution in [0.3, 0.4) is 0 Å². The fourth-order valence-electron chi connectivity index (χ4n) is 7.19. The molecule has 8 atom stereocenters. The summed E-state index contributed by atoms with van der Waals surface area (Å²) in [5.74, 6) is -0.0525. The van der Waals surface area contributed by atoms with Gasteiger partial charge in [0, 0.05) is 30.6 Å². The molecule has 2 N–H and O–H groups in total. The van der Waals surface area contributed by atoms with E-state index in [1.54, 1.807) is 10.9 Å². The maximum absolute atomic E-state index is 13.9. The minimum absolute atomic E-state index is 0.185. The molecule has 4 saturated heterocycles. The minimum atomic E-state index is -1.10. The molecular formula is C31H34FN7O5. The third-order valence-electron chi connectivity index (χ3n) is 9.42. The van der Waals surface area contributed by atoms with Gasteiger partial charge in [-0.3, -0.25) is 24.2 Å². The number of pyridine rings is 1. The molecule has 4 aromatic rings. The van der Waals surface area contributed by atoms with Gasteiger partial charge in [-0.1, -0.05) is 29.5 Å². The SMILES string of the molecule is C=CC1CN2CCC1C[C@H]2[C@H](OCc1cn(C2CC(n3cc(F)c(=O)[nH]c3=O)OC2CO)nn1)c1ccnc2ccccc12. The van der Waals surface area contributed by atoms with Gasteiger partial charge < -0.3 is 14.6 Å². The van der Waals surface area contributed by atoms with Gasteiger partial charge in [0.05, 0.1) is 43.3 Å². The molecular weight excluding hydrogens is 569 g/mol. The molecule has 3 aromatic heterocycles. The highest BCUT2D eigenvalue weighted by atomic mass is 19.1. The van der Waals surface area contributed by atoms with Crippen molar-refractivity contribution >= 4 is 10.9 Å². The Labute approximate surface area is 251 Å². The molecule has 6 unspecified atom stereocenters. The number of aliphatic hydroxyl groups is 1. The maximum Gasteiger partial charge on any atom is 0.330 e. The Morgan fingerprint density at radius 1 is 1.23 bits per heavy atom. The fourth-order valence-corrected chi connectivity index (χ4v) is 7.19. The number of nitrogens with one attached hydrogen (secondary N) is 1. The molecule has 1 aromatic carbocycles. The van der Waals surface area contributed by atoms with Gasteiger partial charge in [0.25, 0.3) is 5.56 Å². The first-order valence-electron chi connectivity index (χ1n) is 14.9. The highest BCUT2D eigenvalue weighted by Crippen LogP contribution is 2.43. The zero-order valence-corrected chi connectivity index (χ0v) is 24.0. The number of aromatic nitrogens is 6. The Kier molecular flexibility index (Phi) is 7.70. The number of aromatic amines is 1. The summed E-state index contributed by atoms with van der Waals surface area (Å²) >= 11 is 0.